The number of aldehydes is 1. The van der Waals surface area contributed by atoms with Crippen molar-refractivity contribution in [3.8, 4) is 0 Å². The second-order valence-electron chi connectivity index (χ2n) is 1.93. The highest BCUT2D eigenvalue weighted by Crippen LogP contribution is 2.23. The Bertz CT molecular complexity index is 96.9. The summed E-state index contributed by atoms with van der Waals surface area (Å²) in [6.45, 7) is 1.24. The predicted octanol–water partition coefficient (Wildman–Crippen LogP) is 1.77. The largest absolute Gasteiger partial charge is 0.389 e. The second-order valence-corrected chi connectivity index (χ2v) is 1.93. The van der Waals surface area contributed by atoms with Crippen molar-refractivity contribution < 1.29 is 18.0 Å². The summed E-state index contributed by atoms with van der Waals surface area (Å²) < 4.78 is 34.0. The fourth-order valence-corrected chi connectivity index (χ4v) is 0.413. The normalized spacial score (nSPS) is 15.1. The van der Waals surface area contributed by atoms with Crippen LogP contribution in [0.5, 0.6) is 0 Å². The molecule has 0 fully saturated rings. The molecule has 0 aromatic carbocycles. The SMILES string of the molecule is C[C@@H](C=O)CC(F)(F)F. The Morgan fingerprint density at radius 1 is 1.56 bits per heavy atom. The minimum absolute atomic E-state index is 0.299. The zero-order chi connectivity index (χ0) is 7.49. The molecule has 0 aliphatic heterocycles. The molecule has 0 spiro atoms. The van der Waals surface area contributed by atoms with E-state index in [1.807, 2.05) is 0 Å². The molecule has 0 amide bonds. The van der Waals surface area contributed by atoms with Crippen LogP contribution in [0, 0.1) is 5.92 Å². The van der Waals surface area contributed by atoms with Crippen LogP contribution in [-0.4, -0.2) is 12.5 Å². The molecule has 0 aromatic rings. The van der Waals surface area contributed by atoms with Gasteiger partial charge in [0.05, 0.1) is 6.42 Å². The first-order valence-corrected chi connectivity index (χ1v) is 2.48. The van der Waals surface area contributed by atoms with Gasteiger partial charge in [0.2, 0.25) is 0 Å². The lowest BCUT2D eigenvalue weighted by Crippen LogP contribution is -2.13. The van der Waals surface area contributed by atoms with E-state index in [-0.39, 0.29) is 0 Å². The maximum Gasteiger partial charge on any atom is 0.389 e. The van der Waals surface area contributed by atoms with Gasteiger partial charge in [-0.25, -0.2) is 0 Å². The molecule has 0 saturated heterocycles. The Labute approximate surface area is 50.9 Å². The number of carbonyl (C=O) groups excluding carboxylic acids is 1. The summed E-state index contributed by atoms with van der Waals surface area (Å²) in [5.41, 5.74) is 0. The molecule has 1 atom stereocenters. The summed E-state index contributed by atoms with van der Waals surface area (Å²) >= 11 is 0. The summed E-state index contributed by atoms with van der Waals surface area (Å²) in [6, 6.07) is 0. The zero-order valence-corrected chi connectivity index (χ0v) is 4.90. The number of alkyl halides is 3. The standard InChI is InChI=1S/C5H7F3O/c1-4(3-9)2-5(6,7)8/h3-4H,2H2,1H3/t4-/m1/s1. The van der Waals surface area contributed by atoms with Gasteiger partial charge in [0.25, 0.3) is 0 Å². The maximum atomic E-state index is 11.3. The van der Waals surface area contributed by atoms with Crippen LogP contribution in [-0.2, 0) is 4.79 Å². The van der Waals surface area contributed by atoms with Gasteiger partial charge < -0.3 is 4.79 Å². The van der Waals surface area contributed by atoms with Crippen LogP contribution in [0.25, 0.3) is 0 Å². The summed E-state index contributed by atoms with van der Waals surface area (Å²) in [6.07, 6.45) is -4.93. The molecule has 0 rings (SSSR count). The Balaban J connectivity index is 3.59. The summed E-state index contributed by atoms with van der Waals surface area (Å²) in [5.74, 6) is -0.912. The molecule has 9 heavy (non-hydrogen) atoms. The molecule has 4 heteroatoms. The Morgan fingerprint density at radius 2 is 2.00 bits per heavy atom. The molecule has 0 radical (unpaired) electrons. The van der Waals surface area contributed by atoms with E-state index < -0.39 is 18.5 Å². The Kier molecular flexibility index (Phi) is 2.67. The van der Waals surface area contributed by atoms with Gasteiger partial charge in [-0.05, 0) is 0 Å². The molecule has 0 N–H and O–H groups in total. The molecule has 0 bridgehead atoms. The van der Waals surface area contributed by atoms with Gasteiger partial charge in [-0.1, -0.05) is 6.92 Å². The molecule has 54 valence electrons. The van der Waals surface area contributed by atoms with Gasteiger partial charge in [0.15, 0.2) is 0 Å². The Morgan fingerprint density at radius 3 is 2.11 bits per heavy atom. The van der Waals surface area contributed by atoms with Gasteiger partial charge in [-0.3, -0.25) is 0 Å². The molecular weight excluding hydrogens is 133 g/mol. The van der Waals surface area contributed by atoms with Crippen LogP contribution in [0.4, 0.5) is 13.2 Å². The number of hydrogen-bond acceptors (Lipinski definition) is 1. The molecular formula is C5H7F3O. The topological polar surface area (TPSA) is 17.1 Å². The lowest BCUT2D eigenvalue weighted by atomic mass is 10.1. The van der Waals surface area contributed by atoms with Gasteiger partial charge in [-0.2, -0.15) is 13.2 Å². The smallest absolute Gasteiger partial charge is 0.303 e. The average Bonchev–Trinajstić information content (AvgIpc) is 1.62. The summed E-state index contributed by atoms with van der Waals surface area (Å²) in [7, 11) is 0. The fraction of sp³-hybridized carbons (Fsp3) is 0.800. The first-order chi connectivity index (χ1) is 3.95. The van der Waals surface area contributed by atoms with Crippen LogP contribution in [0.3, 0.4) is 0 Å². The molecule has 1 nitrogen and oxygen atoms in total. The average molecular weight is 140 g/mol. The monoisotopic (exact) mass is 140 g/mol. The van der Waals surface area contributed by atoms with Gasteiger partial charge in [-0.15, -0.1) is 0 Å². The number of hydrogen-bond donors (Lipinski definition) is 0. The van der Waals surface area contributed by atoms with Crippen molar-refractivity contribution in [1.82, 2.24) is 0 Å². The molecule has 0 aliphatic carbocycles. The highest BCUT2D eigenvalue weighted by molar-refractivity contribution is 5.52. The quantitative estimate of drug-likeness (QED) is 0.534. The highest BCUT2D eigenvalue weighted by Gasteiger charge is 2.29. The maximum absolute atomic E-state index is 11.3. The highest BCUT2D eigenvalue weighted by atomic mass is 19.4. The van der Waals surface area contributed by atoms with E-state index in [2.05, 4.69) is 0 Å². The van der Waals surface area contributed by atoms with E-state index >= 15 is 0 Å². The van der Waals surface area contributed by atoms with E-state index in [1.54, 1.807) is 0 Å². The second kappa shape index (κ2) is 2.85. The Hall–Kier alpha value is -0.540. The van der Waals surface area contributed by atoms with Crippen molar-refractivity contribution >= 4 is 6.29 Å². The lowest BCUT2D eigenvalue weighted by Gasteiger charge is -2.06. The van der Waals surface area contributed by atoms with Gasteiger partial charge in [0.1, 0.15) is 6.29 Å². The fourth-order valence-electron chi connectivity index (χ4n) is 0.413. The number of rotatable bonds is 2. The predicted molar refractivity (Wildman–Crippen MR) is 25.9 cm³/mol. The third kappa shape index (κ3) is 5.33. The van der Waals surface area contributed by atoms with Crippen molar-refractivity contribution in [2.75, 3.05) is 0 Å². The van der Waals surface area contributed by atoms with Crippen LogP contribution in [0.1, 0.15) is 13.3 Å². The molecule has 0 aliphatic rings. The van der Waals surface area contributed by atoms with Crippen molar-refractivity contribution in [2.24, 2.45) is 5.92 Å². The van der Waals surface area contributed by atoms with E-state index in [9.17, 15) is 18.0 Å². The van der Waals surface area contributed by atoms with Crippen LogP contribution in [0.15, 0.2) is 0 Å². The van der Waals surface area contributed by atoms with Crippen molar-refractivity contribution in [3.05, 3.63) is 0 Å². The number of halogens is 3. The first-order valence-electron chi connectivity index (χ1n) is 2.48. The summed E-state index contributed by atoms with van der Waals surface area (Å²) in [5, 5.41) is 0. The molecule has 0 saturated carbocycles. The molecule has 0 unspecified atom stereocenters. The van der Waals surface area contributed by atoms with Crippen molar-refractivity contribution in [2.45, 2.75) is 19.5 Å². The van der Waals surface area contributed by atoms with E-state index in [1.165, 1.54) is 6.92 Å². The molecule has 0 aromatic heterocycles. The van der Waals surface area contributed by atoms with E-state index in [4.69, 9.17) is 0 Å². The van der Waals surface area contributed by atoms with Crippen LogP contribution < -0.4 is 0 Å². The van der Waals surface area contributed by atoms with Crippen molar-refractivity contribution in [1.29, 1.82) is 0 Å². The minimum atomic E-state index is -4.21. The lowest BCUT2D eigenvalue weighted by molar-refractivity contribution is -0.147. The van der Waals surface area contributed by atoms with Crippen LogP contribution >= 0.6 is 0 Å². The van der Waals surface area contributed by atoms with E-state index in [0.717, 1.165) is 0 Å². The number of carbonyl (C=O) groups is 1. The van der Waals surface area contributed by atoms with Gasteiger partial charge in [0, 0.05) is 5.92 Å². The zero-order valence-electron chi connectivity index (χ0n) is 4.90. The first kappa shape index (κ1) is 8.46. The molecule has 0 heterocycles. The van der Waals surface area contributed by atoms with E-state index in [0.29, 0.717) is 6.29 Å². The third-order valence-corrected chi connectivity index (χ3v) is 0.786. The van der Waals surface area contributed by atoms with Crippen molar-refractivity contribution in [3.63, 3.8) is 0 Å². The van der Waals surface area contributed by atoms with Crippen LogP contribution in [0.2, 0.25) is 0 Å². The summed E-state index contributed by atoms with van der Waals surface area (Å²) in [4.78, 5) is 9.68. The van der Waals surface area contributed by atoms with Gasteiger partial charge >= 0.3 is 6.18 Å². The minimum Gasteiger partial charge on any atom is -0.303 e. The third-order valence-electron chi connectivity index (χ3n) is 0.786.